The highest BCUT2D eigenvalue weighted by Crippen LogP contribution is 2.24. The average Bonchev–Trinajstić information content (AvgIpc) is 2.85. The summed E-state index contributed by atoms with van der Waals surface area (Å²) in [5.41, 5.74) is 1.37. The number of benzene rings is 1. The predicted octanol–water partition coefficient (Wildman–Crippen LogP) is 1.94. The second-order valence-corrected chi connectivity index (χ2v) is 4.61. The first kappa shape index (κ1) is 12.1. The molecule has 0 bridgehead atoms. The molecule has 1 aromatic carbocycles. The Labute approximate surface area is 103 Å². The highest BCUT2D eigenvalue weighted by molar-refractivity contribution is 5.18. The summed E-state index contributed by atoms with van der Waals surface area (Å²) in [6.07, 6.45) is 1.14. The van der Waals surface area contributed by atoms with Crippen LogP contribution in [0.5, 0.6) is 0 Å². The summed E-state index contributed by atoms with van der Waals surface area (Å²) < 4.78 is 0. The molecule has 3 nitrogen and oxygen atoms in total. The molecule has 0 radical (unpaired) electrons. The molecular formula is C14H19N3. The van der Waals surface area contributed by atoms with Crippen LogP contribution in [0.2, 0.25) is 0 Å². The van der Waals surface area contributed by atoms with Gasteiger partial charge in [-0.1, -0.05) is 30.3 Å². The van der Waals surface area contributed by atoms with Crippen LogP contribution in [0.1, 0.15) is 24.9 Å². The van der Waals surface area contributed by atoms with Crippen molar-refractivity contribution >= 4 is 0 Å². The predicted molar refractivity (Wildman–Crippen MR) is 68.5 cm³/mol. The Morgan fingerprint density at radius 3 is 2.94 bits per heavy atom. The number of hydrogen-bond donors (Lipinski definition) is 1. The summed E-state index contributed by atoms with van der Waals surface area (Å²) in [5, 5.41) is 11.8. The van der Waals surface area contributed by atoms with Crippen molar-refractivity contribution in [3.8, 4) is 6.07 Å². The monoisotopic (exact) mass is 229 g/mol. The van der Waals surface area contributed by atoms with Crippen molar-refractivity contribution < 1.29 is 0 Å². The van der Waals surface area contributed by atoms with Crippen molar-refractivity contribution in [1.29, 1.82) is 5.26 Å². The molecule has 17 heavy (non-hydrogen) atoms. The average molecular weight is 229 g/mol. The summed E-state index contributed by atoms with van der Waals surface area (Å²) in [6, 6.07) is 13.7. The molecule has 1 saturated heterocycles. The van der Waals surface area contributed by atoms with Gasteiger partial charge in [0.1, 0.15) is 0 Å². The van der Waals surface area contributed by atoms with E-state index in [9.17, 15) is 0 Å². The van der Waals surface area contributed by atoms with Crippen LogP contribution >= 0.6 is 0 Å². The molecule has 1 heterocycles. The summed E-state index contributed by atoms with van der Waals surface area (Å²) in [7, 11) is 0. The zero-order valence-corrected chi connectivity index (χ0v) is 10.3. The van der Waals surface area contributed by atoms with Gasteiger partial charge in [0.25, 0.3) is 0 Å². The van der Waals surface area contributed by atoms with E-state index in [2.05, 4.69) is 53.5 Å². The van der Waals surface area contributed by atoms with E-state index in [4.69, 9.17) is 5.26 Å². The Morgan fingerprint density at radius 1 is 1.47 bits per heavy atom. The van der Waals surface area contributed by atoms with Crippen LogP contribution in [0.15, 0.2) is 30.3 Å². The van der Waals surface area contributed by atoms with Gasteiger partial charge in [0.05, 0.1) is 12.6 Å². The van der Waals surface area contributed by atoms with Crippen LogP contribution < -0.4 is 5.32 Å². The minimum atomic E-state index is 0.457. The number of nitriles is 1. The number of likely N-dealkylation sites (tertiary alicyclic amines) is 1. The fourth-order valence-electron chi connectivity index (χ4n) is 2.44. The van der Waals surface area contributed by atoms with E-state index < -0.39 is 0 Å². The molecule has 1 aromatic rings. The van der Waals surface area contributed by atoms with Gasteiger partial charge < -0.3 is 5.32 Å². The number of nitrogens with one attached hydrogen (secondary N) is 1. The Kier molecular flexibility index (Phi) is 4.13. The smallest absolute Gasteiger partial charge is 0.0843 e. The van der Waals surface area contributed by atoms with Crippen molar-refractivity contribution in [2.75, 3.05) is 19.6 Å². The highest BCUT2D eigenvalue weighted by atomic mass is 15.2. The van der Waals surface area contributed by atoms with Crippen molar-refractivity contribution in [1.82, 2.24) is 10.2 Å². The summed E-state index contributed by atoms with van der Waals surface area (Å²) in [6.45, 7) is 4.86. The third kappa shape index (κ3) is 3.06. The van der Waals surface area contributed by atoms with Crippen molar-refractivity contribution in [2.45, 2.75) is 25.4 Å². The highest BCUT2D eigenvalue weighted by Gasteiger charge is 2.25. The molecule has 2 rings (SSSR count). The van der Waals surface area contributed by atoms with Gasteiger partial charge in [0, 0.05) is 25.2 Å². The van der Waals surface area contributed by atoms with Crippen molar-refractivity contribution in [2.24, 2.45) is 0 Å². The molecule has 3 heteroatoms. The third-order valence-corrected chi connectivity index (χ3v) is 3.52. The van der Waals surface area contributed by atoms with Crippen LogP contribution in [0, 0.1) is 11.3 Å². The first-order valence-electron chi connectivity index (χ1n) is 6.20. The lowest BCUT2D eigenvalue weighted by Crippen LogP contribution is -2.33. The first-order valence-corrected chi connectivity index (χ1v) is 6.20. The minimum absolute atomic E-state index is 0.457. The molecular weight excluding hydrogens is 210 g/mol. The third-order valence-electron chi connectivity index (χ3n) is 3.52. The van der Waals surface area contributed by atoms with Crippen LogP contribution in [0.3, 0.4) is 0 Å². The maximum atomic E-state index is 8.55. The second kappa shape index (κ2) is 5.81. The lowest BCUT2D eigenvalue weighted by Gasteiger charge is -2.24. The molecule has 0 aromatic heterocycles. The standard InChI is InChI=1S/C14H19N3/c1-12(13-5-3-2-4-6-13)17-10-7-14(11-17)16-9-8-15/h2-6,12,14,16H,7,9-11H2,1H3. The Balaban J connectivity index is 1.90. The fourth-order valence-corrected chi connectivity index (χ4v) is 2.44. The van der Waals surface area contributed by atoms with Gasteiger partial charge >= 0.3 is 0 Å². The molecule has 1 aliphatic rings. The summed E-state index contributed by atoms with van der Waals surface area (Å²) in [5.74, 6) is 0. The van der Waals surface area contributed by atoms with Gasteiger partial charge in [-0.2, -0.15) is 5.26 Å². The van der Waals surface area contributed by atoms with E-state index in [0.29, 0.717) is 18.6 Å². The van der Waals surface area contributed by atoms with Gasteiger partial charge in [-0.05, 0) is 18.9 Å². The van der Waals surface area contributed by atoms with Crippen LogP contribution in [0.4, 0.5) is 0 Å². The first-order chi connectivity index (χ1) is 8.31. The molecule has 0 aliphatic carbocycles. The Bertz CT molecular complexity index is 382. The zero-order chi connectivity index (χ0) is 12.1. The van der Waals surface area contributed by atoms with E-state index in [1.165, 1.54) is 5.56 Å². The van der Waals surface area contributed by atoms with Crippen molar-refractivity contribution in [3.05, 3.63) is 35.9 Å². The van der Waals surface area contributed by atoms with Gasteiger partial charge in [0.15, 0.2) is 0 Å². The van der Waals surface area contributed by atoms with Crippen LogP contribution in [-0.2, 0) is 0 Å². The maximum Gasteiger partial charge on any atom is 0.0843 e. The van der Waals surface area contributed by atoms with Crippen LogP contribution in [-0.4, -0.2) is 30.6 Å². The zero-order valence-electron chi connectivity index (χ0n) is 10.3. The Morgan fingerprint density at radius 2 is 2.24 bits per heavy atom. The number of nitrogens with zero attached hydrogens (tertiary/aromatic N) is 2. The van der Waals surface area contributed by atoms with E-state index in [-0.39, 0.29) is 0 Å². The second-order valence-electron chi connectivity index (χ2n) is 4.61. The molecule has 1 fully saturated rings. The summed E-state index contributed by atoms with van der Waals surface area (Å²) in [4.78, 5) is 2.48. The van der Waals surface area contributed by atoms with Gasteiger partial charge in [0.2, 0.25) is 0 Å². The Hall–Kier alpha value is -1.37. The topological polar surface area (TPSA) is 39.1 Å². The van der Waals surface area contributed by atoms with Gasteiger partial charge in [-0.3, -0.25) is 4.90 Å². The molecule has 90 valence electrons. The maximum absolute atomic E-state index is 8.55. The van der Waals surface area contributed by atoms with Gasteiger partial charge in [-0.15, -0.1) is 0 Å². The molecule has 1 N–H and O–H groups in total. The van der Waals surface area contributed by atoms with E-state index in [0.717, 1.165) is 19.5 Å². The minimum Gasteiger partial charge on any atom is -0.300 e. The lowest BCUT2D eigenvalue weighted by molar-refractivity contribution is 0.256. The molecule has 1 aliphatic heterocycles. The van der Waals surface area contributed by atoms with E-state index in [1.54, 1.807) is 0 Å². The largest absolute Gasteiger partial charge is 0.300 e. The number of rotatable bonds is 4. The molecule has 2 unspecified atom stereocenters. The van der Waals surface area contributed by atoms with Crippen molar-refractivity contribution in [3.63, 3.8) is 0 Å². The summed E-state index contributed by atoms with van der Waals surface area (Å²) >= 11 is 0. The lowest BCUT2D eigenvalue weighted by atomic mass is 10.1. The SMILES string of the molecule is CC(c1ccccc1)N1CCC(NCC#N)C1. The molecule has 0 saturated carbocycles. The fraction of sp³-hybridized carbons (Fsp3) is 0.500. The quantitative estimate of drug-likeness (QED) is 0.802. The van der Waals surface area contributed by atoms with Gasteiger partial charge in [-0.25, -0.2) is 0 Å². The normalized spacial score (nSPS) is 22.2. The van der Waals surface area contributed by atoms with E-state index >= 15 is 0 Å². The molecule has 0 spiro atoms. The van der Waals surface area contributed by atoms with Crippen LogP contribution in [0.25, 0.3) is 0 Å². The molecule has 0 amide bonds. The number of hydrogen-bond acceptors (Lipinski definition) is 3. The molecule has 2 atom stereocenters. The van der Waals surface area contributed by atoms with E-state index in [1.807, 2.05) is 0 Å².